The van der Waals surface area contributed by atoms with Gasteiger partial charge in [0.2, 0.25) is 0 Å². The molecule has 0 saturated heterocycles. The molecule has 1 atom stereocenters. The predicted molar refractivity (Wildman–Crippen MR) is 61.0 cm³/mol. The molecule has 0 amide bonds. The highest BCUT2D eigenvalue weighted by Crippen LogP contribution is 2.31. The van der Waals surface area contributed by atoms with Crippen LogP contribution in [0, 0.1) is 0 Å². The molecule has 2 aromatic heterocycles. The molecule has 0 aliphatic rings. The maximum absolute atomic E-state index is 13.4. The molecule has 2 rings (SSSR count). The van der Waals surface area contributed by atoms with Gasteiger partial charge in [-0.25, -0.2) is 14.4 Å². The molecule has 1 unspecified atom stereocenters. The largest absolute Gasteiger partial charge is 0.516 e. The van der Waals surface area contributed by atoms with E-state index in [4.69, 9.17) is 5.11 Å². The second-order valence-corrected chi connectivity index (χ2v) is 4.13. The first-order valence-electron chi connectivity index (χ1n) is 4.63. The summed E-state index contributed by atoms with van der Waals surface area (Å²) in [6.45, 7) is 0. The molecule has 0 saturated carbocycles. The molecule has 5 heteroatoms. The highest BCUT2D eigenvalue weighted by atomic mass is 32.1. The Kier molecular flexibility index (Phi) is 3.26. The number of hydrogen-bond acceptors (Lipinski definition) is 4. The third-order valence-electron chi connectivity index (χ3n) is 1.94. The van der Waals surface area contributed by atoms with Crippen LogP contribution in [0.5, 0.6) is 0 Å². The summed E-state index contributed by atoms with van der Waals surface area (Å²) in [5.74, 6) is 0.582. The Morgan fingerprint density at radius 3 is 2.75 bits per heavy atom. The van der Waals surface area contributed by atoms with Gasteiger partial charge in [-0.1, -0.05) is 0 Å². The highest BCUT2D eigenvalue weighted by molar-refractivity contribution is 7.15. The van der Waals surface area contributed by atoms with E-state index in [9.17, 15) is 4.39 Å². The van der Waals surface area contributed by atoms with Gasteiger partial charge in [-0.2, -0.15) is 0 Å². The van der Waals surface area contributed by atoms with Crippen molar-refractivity contribution in [1.29, 1.82) is 0 Å². The third kappa shape index (κ3) is 2.25. The van der Waals surface area contributed by atoms with Crippen LogP contribution in [-0.4, -0.2) is 15.1 Å². The van der Waals surface area contributed by atoms with Crippen molar-refractivity contribution in [3.05, 3.63) is 47.8 Å². The summed E-state index contributed by atoms with van der Waals surface area (Å²) >= 11 is 1.27. The minimum absolute atomic E-state index is 0.521. The van der Waals surface area contributed by atoms with Crippen molar-refractivity contribution in [1.82, 2.24) is 9.97 Å². The van der Waals surface area contributed by atoms with Gasteiger partial charge < -0.3 is 5.11 Å². The SMILES string of the molecule is O/C=C\C(F)c1ccc(-c2ncccn2)s1. The summed E-state index contributed by atoms with van der Waals surface area (Å²) in [5.41, 5.74) is 0. The van der Waals surface area contributed by atoms with Gasteiger partial charge in [0.15, 0.2) is 12.0 Å². The zero-order chi connectivity index (χ0) is 11.4. The minimum Gasteiger partial charge on any atom is -0.516 e. The van der Waals surface area contributed by atoms with Crippen LogP contribution < -0.4 is 0 Å². The van der Waals surface area contributed by atoms with Crippen LogP contribution in [0.4, 0.5) is 4.39 Å². The molecule has 0 aliphatic carbocycles. The third-order valence-corrected chi connectivity index (χ3v) is 3.08. The van der Waals surface area contributed by atoms with Crippen molar-refractivity contribution in [2.75, 3.05) is 0 Å². The van der Waals surface area contributed by atoms with Crippen molar-refractivity contribution in [2.45, 2.75) is 6.17 Å². The maximum atomic E-state index is 13.4. The lowest BCUT2D eigenvalue weighted by Gasteiger charge is -1.96. The Labute approximate surface area is 95.9 Å². The topological polar surface area (TPSA) is 46.0 Å². The Morgan fingerprint density at radius 2 is 2.06 bits per heavy atom. The van der Waals surface area contributed by atoms with Crippen LogP contribution in [0.1, 0.15) is 11.0 Å². The molecule has 82 valence electrons. The average molecular weight is 236 g/mol. The Hall–Kier alpha value is -1.75. The number of hydrogen-bond donors (Lipinski definition) is 1. The van der Waals surface area contributed by atoms with Crippen LogP contribution in [0.2, 0.25) is 0 Å². The molecule has 0 aromatic carbocycles. The van der Waals surface area contributed by atoms with Crippen LogP contribution in [0.3, 0.4) is 0 Å². The van der Waals surface area contributed by atoms with Gasteiger partial charge in [0, 0.05) is 17.3 Å². The normalized spacial score (nSPS) is 13.1. The van der Waals surface area contributed by atoms with E-state index >= 15 is 0 Å². The fourth-order valence-electron chi connectivity index (χ4n) is 1.22. The van der Waals surface area contributed by atoms with E-state index in [0.717, 1.165) is 11.0 Å². The number of aliphatic hydroxyl groups excluding tert-OH is 1. The molecule has 3 nitrogen and oxygen atoms in total. The van der Waals surface area contributed by atoms with Gasteiger partial charge in [-0.15, -0.1) is 11.3 Å². The molecule has 1 N–H and O–H groups in total. The van der Waals surface area contributed by atoms with Gasteiger partial charge in [0.05, 0.1) is 11.1 Å². The number of aromatic nitrogens is 2. The lowest BCUT2D eigenvalue weighted by Crippen LogP contribution is -1.82. The zero-order valence-electron chi connectivity index (χ0n) is 8.25. The first kappa shape index (κ1) is 10.8. The first-order valence-corrected chi connectivity index (χ1v) is 5.45. The van der Waals surface area contributed by atoms with Gasteiger partial charge in [-0.05, 0) is 24.3 Å². The molecule has 0 aliphatic heterocycles. The van der Waals surface area contributed by atoms with E-state index in [2.05, 4.69) is 9.97 Å². The molecule has 2 aromatic rings. The monoisotopic (exact) mass is 236 g/mol. The second kappa shape index (κ2) is 4.85. The fourth-order valence-corrected chi connectivity index (χ4v) is 2.13. The smallest absolute Gasteiger partial charge is 0.169 e. The van der Waals surface area contributed by atoms with Crippen molar-refractivity contribution in [3.8, 4) is 10.7 Å². The van der Waals surface area contributed by atoms with E-state index in [-0.39, 0.29) is 0 Å². The lowest BCUT2D eigenvalue weighted by molar-refractivity contribution is 0.401. The number of alkyl halides is 1. The number of halogens is 1. The molecule has 0 radical (unpaired) electrons. The van der Waals surface area contributed by atoms with E-state index in [0.29, 0.717) is 17.0 Å². The second-order valence-electron chi connectivity index (χ2n) is 3.02. The Morgan fingerprint density at radius 1 is 1.31 bits per heavy atom. The molecule has 16 heavy (non-hydrogen) atoms. The van der Waals surface area contributed by atoms with E-state index in [1.807, 2.05) is 0 Å². The number of thiophene rings is 1. The predicted octanol–water partition coefficient (Wildman–Crippen LogP) is 3.29. The van der Waals surface area contributed by atoms with Crippen molar-refractivity contribution >= 4 is 11.3 Å². The molecular weight excluding hydrogens is 227 g/mol. The van der Waals surface area contributed by atoms with Crippen molar-refractivity contribution in [3.63, 3.8) is 0 Å². The molecular formula is C11H9FN2OS. The quantitative estimate of drug-likeness (QED) is 0.832. The van der Waals surface area contributed by atoms with Gasteiger partial charge >= 0.3 is 0 Å². The maximum Gasteiger partial charge on any atom is 0.169 e. The fraction of sp³-hybridized carbons (Fsp3) is 0.0909. The molecule has 0 fully saturated rings. The Bertz CT molecular complexity index is 484. The van der Waals surface area contributed by atoms with Gasteiger partial charge in [0.1, 0.15) is 0 Å². The van der Waals surface area contributed by atoms with Crippen LogP contribution >= 0.6 is 11.3 Å². The van der Waals surface area contributed by atoms with Gasteiger partial charge in [-0.3, -0.25) is 0 Å². The lowest BCUT2D eigenvalue weighted by atomic mass is 10.3. The molecule has 2 heterocycles. The molecule has 0 spiro atoms. The minimum atomic E-state index is -1.28. The highest BCUT2D eigenvalue weighted by Gasteiger charge is 2.11. The summed E-state index contributed by atoms with van der Waals surface area (Å²) in [5, 5.41) is 8.48. The summed E-state index contributed by atoms with van der Waals surface area (Å²) in [6.07, 6.45) is 3.79. The van der Waals surface area contributed by atoms with Crippen molar-refractivity contribution in [2.24, 2.45) is 0 Å². The number of allylic oxidation sites excluding steroid dienone is 1. The number of rotatable bonds is 3. The van der Waals surface area contributed by atoms with Crippen LogP contribution in [-0.2, 0) is 0 Å². The zero-order valence-corrected chi connectivity index (χ0v) is 9.06. The molecule has 0 bridgehead atoms. The van der Waals surface area contributed by atoms with E-state index < -0.39 is 6.17 Å². The average Bonchev–Trinajstić information content (AvgIpc) is 2.80. The summed E-state index contributed by atoms with van der Waals surface area (Å²) in [7, 11) is 0. The number of aliphatic hydroxyl groups is 1. The summed E-state index contributed by atoms with van der Waals surface area (Å²) in [4.78, 5) is 9.49. The van der Waals surface area contributed by atoms with Crippen molar-refractivity contribution < 1.29 is 9.50 Å². The Balaban J connectivity index is 2.26. The summed E-state index contributed by atoms with van der Waals surface area (Å²) < 4.78 is 13.4. The standard InChI is InChI=1S/C11H9FN2OS/c12-8(4-7-15)9-2-3-10(16-9)11-13-5-1-6-14-11/h1-8,15H/b7-4-. The van der Waals surface area contributed by atoms with Crippen LogP contribution in [0.25, 0.3) is 10.7 Å². The van der Waals surface area contributed by atoms with Gasteiger partial charge in [0.25, 0.3) is 0 Å². The van der Waals surface area contributed by atoms with E-state index in [1.165, 1.54) is 11.3 Å². The number of nitrogens with zero attached hydrogens (tertiary/aromatic N) is 2. The van der Waals surface area contributed by atoms with Crippen LogP contribution in [0.15, 0.2) is 42.9 Å². The van der Waals surface area contributed by atoms with E-state index in [1.54, 1.807) is 30.6 Å². The summed E-state index contributed by atoms with van der Waals surface area (Å²) in [6, 6.07) is 5.17. The first-order chi connectivity index (χ1) is 7.81.